The van der Waals surface area contributed by atoms with Crippen molar-refractivity contribution >= 4 is 11.8 Å². The number of benzene rings is 1. The van der Waals surface area contributed by atoms with Crippen molar-refractivity contribution in [2.75, 3.05) is 20.1 Å². The Bertz CT molecular complexity index is 418. The molecule has 5 nitrogen and oxygen atoms in total. The number of carbonyl (C=O) groups excluding carboxylic acids is 2. The summed E-state index contributed by atoms with van der Waals surface area (Å²) in [4.78, 5) is 22.5. The van der Waals surface area contributed by atoms with E-state index < -0.39 is 5.91 Å². The van der Waals surface area contributed by atoms with Crippen LogP contribution in [0.2, 0.25) is 0 Å². The molecule has 0 saturated carbocycles. The second-order valence-electron chi connectivity index (χ2n) is 3.98. The molecule has 0 aliphatic carbocycles. The molecule has 0 aromatic heterocycles. The van der Waals surface area contributed by atoms with E-state index >= 15 is 0 Å². The van der Waals surface area contributed by atoms with Crippen molar-refractivity contribution in [2.45, 2.75) is 12.8 Å². The molecule has 0 heterocycles. The van der Waals surface area contributed by atoms with E-state index in [4.69, 9.17) is 5.73 Å². The Labute approximate surface area is 107 Å². The Morgan fingerprint density at radius 2 is 1.94 bits per heavy atom. The lowest BCUT2D eigenvalue weighted by atomic mass is 10.0. The van der Waals surface area contributed by atoms with Crippen molar-refractivity contribution in [3.05, 3.63) is 35.4 Å². The predicted octanol–water partition coefficient (Wildman–Crippen LogP) is 0.0537. The van der Waals surface area contributed by atoms with E-state index in [-0.39, 0.29) is 18.9 Å². The minimum absolute atomic E-state index is 0.157. The average molecular weight is 249 g/mol. The topological polar surface area (TPSA) is 84.2 Å². The van der Waals surface area contributed by atoms with Crippen molar-refractivity contribution in [3.8, 4) is 0 Å². The zero-order valence-corrected chi connectivity index (χ0v) is 10.5. The van der Waals surface area contributed by atoms with Crippen LogP contribution < -0.4 is 16.4 Å². The molecule has 2 amide bonds. The van der Waals surface area contributed by atoms with Gasteiger partial charge in [-0.3, -0.25) is 9.59 Å². The lowest BCUT2D eigenvalue weighted by Gasteiger charge is -2.09. The Hall–Kier alpha value is -1.88. The molecule has 0 aliphatic rings. The quantitative estimate of drug-likeness (QED) is 0.638. The lowest BCUT2D eigenvalue weighted by Crippen LogP contribution is -2.28. The van der Waals surface area contributed by atoms with Gasteiger partial charge in [0, 0.05) is 18.5 Å². The SMILES string of the molecule is CNCCc1ccccc1C(=O)NCCC(N)=O. The van der Waals surface area contributed by atoms with Gasteiger partial charge in [-0.2, -0.15) is 0 Å². The van der Waals surface area contributed by atoms with Gasteiger partial charge in [0.25, 0.3) is 5.91 Å². The number of nitrogens with two attached hydrogens (primary N) is 1. The van der Waals surface area contributed by atoms with Crippen LogP contribution in [0, 0.1) is 0 Å². The number of carbonyl (C=O) groups is 2. The second kappa shape index (κ2) is 7.45. The van der Waals surface area contributed by atoms with Gasteiger partial charge < -0.3 is 16.4 Å². The summed E-state index contributed by atoms with van der Waals surface area (Å²) in [6.07, 6.45) is 0.945. The Morgan fingerprint density at radius 3 is 2.61 bits per heavy atom. The number of hydrogen-bond acceptors (Lipinski definition) is 3. The molecule has 0 unspecified atom stereocenters. The van der Waals surface area contributed by atoms with Crippen LogP contribution in [0.5, 0.6) is 0 Å². The van der Waals surface area contributed by atoms with Crippen LogP contribution in [-0.2, 0) is 11.2 Å². The van der Waals surface area contributed by atoms with E-state index in [0.717, 1.165) is 18.5 Å². The molecule has 98 valence electrons. The molecule has 0 fully saturated rings. The monoisotopic (exact) mass is 249 g/mol. The molecule has 0 saturated heterocycles. The number of likely N-dealkylation sites (N-methyl/N-ethyl adjacent to an activating group) is 1. The van der Waals surface area contributed by atoms with Gasteiger partial charge in [0.2, 0.25) is 5.91 Å². The molecule has 1 aromatic rings. The largest absolute Gasteiger partial charge is 0.370 e. The smallest absolute Gasteiger partial charge is 0.251 e. The Balaban J connectivity index is 2.63. The third kappa shape index (κ3) is 4.55. The minimum atomic E-state index is -0.418. The van der Waals surface area contributed by atoms with E-state index in [1.165, 1.54) is 0 Å². The van der Waals surface area contributed by atoms with Gasteiger partial charge in [-0.25, -0.2) is 0 Å². The fourth-order valence-corrected chi connectivity index (χ4v) is 1.61. The zero-order chi connectivity index (χ0) is 13.4. The molecule has 4 N–H and O–H groups in total. The van der Waals surface area contributed by atoms with Crippen molar-refractivity contribution in [1.82, 2.24) is 10.6 Å². The highest BCUT2D eigenvalue weighted by Crippen LogP contribution is 2.09. The van der Waals surface area contributed by atoms with Crippen LogP contribution >= 0.6 is 0 Å². The summed E-state index contributed by atoms with van der Waals surface area (Å²) < 4.78 is 0. The van der Waals surface area contributed by atoms with Crippen LogP contribution in [0.1, 0.15) is 22.3 Å². The van der Waals surface area contributed by atoms with Crippen LogP contribution in [0.4, 0.5) is 0 Å². The van der Waals surface area contributed by atoms with Gasteiger partial charge in [0.15, 0.2) is 0 Å². The summed E-state index contributed by atoms with van der Waals surface area (Å²) in [5, 5.41) is 5.73. The zero-order valence-electron chi connectivity index (χ0n) is 10.5. The van der Waals surface area contributed by atoms with Gasteiger partial charge in [-0.05, 0) is 31.6 Å². The van der Waals surface area contributed by atoms with Crippen LogP contribution in [-0.4, -0.2) is 32.0 Å². The fraction of sp³-hybridized carbons (Fsp3) is 0.385. The van der Waals surface area contributed by atoms with Gasteiger partial charge in [0.05, 0.1) is 0 Å². The van der Waals surface area contributed by atoms with E-state index in [1.807, 2.05) is 25.2 Å². The second-order valence-corrected chi connectivity index (χ2v) is 3.98. The normalized spacial score (nSPS) is 10.1. The maximum atomic E-state index is 11.9. The molecule has 1 rings (SSSR count). The Morgan fingerprint density at radius 1 is 1.22 bits per heavy atom. The first-order valence-corrected chi connectivity index (χ1v) is 5.94. The number of rotatable bonds is 7. The van der Waals surface area contributed by atoms with E-state index in [9.17, 15) is 9.59 Å². The summed E-state index contributed by atoms with van der Waals surface area (Å²) in [7, 11) is 1.87. The van der Waals surface area contributed by atoms with Gasteiger partial charge in [0.1, 0.15) is 0 Å². The first-order chi connectivity index (χ1) is 8.65. The molecule has 0 bridgehead atoms. The van der Waals surface area contributed by atoms with Crippen molar-refractivity contribution < 1.29 is 9.59 Å². The van der Waals surface area contributed by atoms with Crippen LogP contribution in [0.15, 0.2) is 24.3 Å². The van der Waals surface area contributed by atoms with E-state index in [1.54, 1.807) is 6.07 Å². The highest BCUT2D eigenvalue weighted by molar-refractivity contribution is 5.95. The standard InChI is InChI=1S/C13H19N3O2/c1-15-8-6-10-4-2-3-5-11(10)13(18)16-9-7-12(14)17/h2-5,15H,6-9H2,1H3,(H2,14,17)(H,16,18). The van der Waals surface area contributed by atoms with Crippen LogP contribution in [0.3, 0.4) is 0 Å². The number of primary amides is 1. The molecular weight excluding hydrogens is 230 g/mol. The maximum Gasteiger partial charge on any atom is 0.251 e. The molecule has 0 atom stereocenters. The minimum Gasteiger partial charge on any atom is -0.370 e. The number of nitrogens with one attached hydrogen (secondary N) is 2. The van der Waals surface area contributed by atoms with Gasteiger partial charge >= 0.3 is 0 Å². The molecule has 1 aromatic carbocycles. The van der Waals surface area contributed by atoms with Crippen molar-refractivity contribution in [1.29, 1.82) is 0 Å². The summed E-state index contributed by atoms with van der Waals surface area (Å²) in [5.74, 6) is -0.582. The third-order valence-electron chi connectivity index (χ3n) is 2.56. The molecular formula is C13H19N3O2. The molecule has 0 radical (unpaired) electrons. The summed E-state index contributed by atoms with van der Waals surface area (Å²) in [5.41, 5.74) is 6.65. The first-order valence-electron chi connectivity index (χ1n) is 5.94. The number of hydrogen-bond donors (Lipinski definition) is 3. The van der Waals surface area contributed by atoms with E-state index in [0.29, 0.717) is 5.56 Å². The van der Waals surface area contributed by atoms with E-state index in [2.05, 4.69) is 10.6 Å². The highest BCUT2D eigenvalue weighted by atomic mass is 16.2. The summed E-state index contributed by atoms with van der Waals surface area (Å²) >= 11 is 0. The van der Waals surface area contributed by atoms with Gasteiger partial charge in [-0.15, -0.1) is 0 Å². The maximum absolute atomic E-state index is 11.9. The number of amides is 2. The molecule has 0 spiro atoms. The van der Waals surface area contributed by atoms with Crippen LogP contribution in [0.25, 0.3) is 0 Å². The molecule has 0 aliphatic heterocycles. The summed E-state index contributed by atoms with van der Waals surface area (Å²) in [6, 6.07) is 7.45. The van der Waals surface area contributed by atoms with Gasteiger partial charge in [-0.1, -0.05) is 18.2 Å². The predicted molar refractivity (Wildman–Crippen MR) is 70.2 cm³/mol. The third-order valence-corrected chi connectivity index (χ3v) is 2.56. The molecule has 5 heteroatoms. The van der Waals surface area contributed by atoms with Crippen molar-refractivity contribution in [2.24, 2.45) is 5.73 Å². The Kier molecular flexibility index (Phi) is 5.87. The first kappa shape index (κ1) is 14.2. The fourth-order valence-electron chi connectivity index (χ4n) is 1.61. The van der Waals surface area contributed by atoms with Crippen molar-refractivity contribution in [3.63, 3.8) is 0 Å². The lowest BCUT2D eigenvalue weighted by molar-refractivity contribution is -0.117. The molecule has 18 heavy (non-hydrogen) atoms. The highest BCUT2D eigenvalue weighted by Gasteiger charge is 2.10. The summed E-state index contributed by atoms with van der Waals surface area (Å²) in [6.45, 7) is 1.08. The average Bonchev–Trinajstić information content (AvgIpc) is 2.36.